The third-order valence-electron chi connectivity index (χ3n) is 6.85. The Hall–Kier alpha value is -3.46. The molecule has 0 spiro atoms. The van der Waals surface area contributed by atoms with E-state index >= 15 is 0 Å². The average Bonchev–Trinajstić information content (AvgIpc) is 3.30. The van der Waals surface area contributed by atoms with Crippen LogP contribution in [-0.4, -0.2) is 9.55 Å². The number of pyridine rings is 1. The molecule has 1 aliphatic heterocycles. The van der Waals surface area contributed by atoms with Crippen molar-refractivity contribution in [2.45, 2.75) is 34.0 Å². The van der Waals surface area contributed by atoms with Gasteiger partial charge >= 0.3 is 0 Å². The van der Waals surface area contributed by atoms with Crippen LogP contribution in [0.5, 0.6) is 0 Å². The minimum absolute atomic E-state index is 0.387. The molecule has 5 aromatic rings. The summed E-state index contributed by atoms with van der Waals surface area (Å²) in [5, 5.41) is 1.24. The van der Waals surface area contributed by atoms with E-state index in [4.69, 9.17) is 9.10 Å². The van der Waals surface area contributed by atoms with E-state index in [0.29, 0.717) is 17.5 Å². The molecule has 0 amide bonds. The van der Waals surface area contributed by atoms with Crippen molar-refractivity contribution < 1.29 is 8.68 Å². The van der Waals surface area contributed by atoms with Crippen LogP contribution in [0.4, 0.5) is 0 Å². The molecule has 0 saturated heterocycles. The smallest absolute Gasteiger partial charge is 0.213 e. The quantitative estimate of drug-likeness (QED) is 0.315. The van der Waals surface area contributed by atoms with Gasteiger partial charge in [0.2, 0.25) is 11.2 Å². The molecule has 0 N–H and O–H groups in total. The first-order chi connectivity index (χ1) is 16.2. The van der Waals surface area contributed by atoms with Gasteiger partial charge in [-0.25, -0.2) is 4.98 Å². The molecule has 3 heterocycles. The fraction of sp³-hybridized carbons (Fsp3) is 0.214. The Bertz CT molecular complexity index is 1660. The number of aryl methyl sites for hydroxylation is 4. The van der Waals surface area contributed by atoms with Crippen LogP contribution >= 0.6 is 0 Å². The Morgan fingerprint density at radius 2 is 1.81 bits per heavy atom. The van der Waals surface area contributed by atoms with E-state index in [-0.39, 0.29) is 0 Å². The van der Waals surface area contributed by atoms with Crippen molar-refractivity contribution in [3.8, 4) is 16.9 Å². The molecule has 0 radical (unpaired) electrons. The third kappa shape index (κ3) is 2.40. The summed E-state index contributed by atoms with van der Waals surface area (Å²) in [6.45, 7) is 3.92. The Morgan fingerprint density at radius 1 is 0.968 bits per heavy atom. The van der Waals surface area contributed by atoms with Crippen molar-refractivity contribution in [2.24, 2.45) is 7.05 Å². The predicted octanol–water partition coefficient (Wildman–Crippen LogP) is 5.81. The lowest BCUT2D eigenvalue weighted by Gasteiger charge is -2.13. The molecule has 3 heteroatoms. The highest BCUT2D eigenvalue weighted by molar-refractivity contribution is 5.91. The van der Waals surface area contributed by atoms with Crippen LogP contribution in [0.1, 0.15) is 37.8 Å². The van der Waals surface area contributed by atoms with Crippen LogP contribution in [0.3, 0.4) is 0 Å². The lowest BCUT2D eigenvalue weighted by atomic mass is 9.95. The molecular weight excluding hydrogens is 378 g/mol. The highest BCUT2D eigenvalue weighted by atomic mass is 15.1. The Labute approximate surface area is 186 Å². The van der Waals surface area contributed by atoms with Crippen molar-refractivity contribution in [3.05, 3.63) is 88.2 Å². The molecule has 152 valence electrons. The number of imidazole rings is 1. The maximum atomic E-state index is 8.48. The normalized spacial score (nSPS) is 14.4. The monoisotopic (exact) mass is 407 g/mol. The SMILES string of the molecule is [2H]C([2H])([2H])c1c(C)c(-c2cc(C)c3c(C)cccc3[n+]2C)cc2nc3n(c12)-c1ccccc1C3. The molecule has 0 bridgehead atoms. The van der Waals surface area contributed by atoms with Gasteiger partial charge in [-0.05, 0) is 67.6 Å². The second-order valence-corrected chi connectivity index (χ2v) is 8.70. The first-order valence-electron chi connectivity index (χ1n) is 12.2. The summed E-state index contributed by atoms with van der Waals surface area (Å²) in [4.78, 5) is 4.94. The largest absolute Gasteiger partial charge is 0.295 e. The van der Waals surface area contributed by atoms with Crippen LogP contribution in [0.25, 0.3) is 38.9 Å². The van der Waals surface area contributed by atoms with Crippen LogP contribution in [-0.2, 0) is 13.5 Å². The van der Waals surface area contributed by atoms with Crippen LogP contribution in [0.15, 0.2) is 54.6 Å². The molecule has 6 rings (SSSR count). The zero-order valence-corrected chi connectivity index (χ0v) is 18.2. The molecule has 0 saturated carbocycles. The standard InChI is InChI=1S/C28H26N3/c1-16-9-8-12-24-27(16)17(2)13-25(30(24)5)21-15-22-28(19(4)18(21)3)31-23-11-7-6-10-20(23)14-26(31)29-22/h6-13,15H,14H2,1-5H3/q+1/i4D3. The molecule has 0 unspecified atom stereocenters. The van der Waals surface area contributed by atoms with E-state index in [1.54, 1.807) is 0 Å². The number of para-hydroxylation sites is 1. The molecule has 3 nitrogen and oxygen atoms in total. The van der Waals surface area contributed by atoms with E-state index in [9.17, 15) is 0 Å². The molecule has 1 aliphatic rings. The average molecular weight is 408 g/mol. The summed E-state index contributed by atoms with van der Waals surface area (Å²) in [5.74, 6) is 0.896. The second-order valence-electron chi connectivity index (χ2n) is 8.70. The van der Waals surface area contributed by atoms with E-state index in [2.05, 4.69) is 72.5 Å². The van der Waals surface area contributed by atoms with Gasteiger partial charge in [-0.2, -0.15) is 4.57 Å². The van der Waals surface area contributed by atoms with Crippen molar-refractivity contribution in [2.75, 3.05) is 0 Å². The fourth-order valence-electron chi connectivity index (χ4n) is 5.28. The minimum Gasteiger partial charge on any atom is -0.295 e. The molecule has 0 aliphatic carbocycles. The van der Waals surface area contributed by atoms with Crippen LogP contribution in [0.2, 0.25) is 0 Å². The molecular formula is C28H26N3+. The summed E-state index contributed by atoms with van der Waals surface area (Å²) in [6.07, 6.45) is 0.710. The summed E-state index contributed by atoms with van der Waals surface area (Å²) >= 11 is 0. The van der Waals surface area contributed by atoms with Crippen LogP contribution in [0, 0.1) is 27.6 Å². The van der Waals surface area contributed by atoms with E-state index in [1.807, 2.05) is 19.1 Å². The summed E-state index contributed by atoms with van der Waals surface area (Å²) in [6, 6.07) is 18.7. The fourth-order valence-corrected chi connectivity index (χ4v) is 5.28. The first-order valence-corrected chi connectivity index (χ1v) is 10.7. The molecule has 0 fully saturated rings. The topological polar surface area (TPSA) is 21.7 Å². The highest BCUT2D eigenvalue weighted by Crippen LogP contribution is 2.37. The summed E-state index contributed by atoms with van der Waals surface area (Å²) in [7, 11) is 2.05. The van der Waals surface area contributed by atoms with E-state index in [0.717, 1.165) is 39.4 Å². The van der Waals surface area contributed by atoms with Crippen molar-refractivity contribution in [1.82, 2.24) is 9.55 Å². The van der Waals surface area contributed by atoms with Gasteiger partial charge < -0.3 is 0 Å². The maximum absolute atomic E-state index is 8.48. The molecule has 31 heavy (non-hydrogen) atoms. The molecule has 2 aromatic heterocycles. The molecule has 3 aromatic carbocycles. The number of nitrogens with zero attached hydrogens (tertiary/aromatic N) is 3. The van der Waals surface area contributed by atoms with Gasteiger partial charge in [0, 0.05) is 22.7 Å². The number of benzene rings is 3. The number of aromatic nitrogens is 3. The highest BCUT2D eigenvalue weighted by Gasteiger charge is 2.26. The Balaban J connectivity index is 1.72. The van der Waals surface area contributed by atoms with Gasteiger partial charge in [-0.15, -0.1) is 0 Å². The number of hydrogen-bond acceptors (Lipinski definition) is 1. The van der Waals surface area contributed by atoms with Crippen molar-refractivity contribution in [3.63, 3.8) is 0 Å². The third-order valence-corrected chi connectivity index (χ3v) is 6.85. The van der Waals surface area contributed by atoms with E-state index < -0.39 is 6.85 Å². The van der Waals surface area contributed by atoms with E-state index in [1.165, 1.54) is 22.1 Å². The number of hydrogen-bond donors (Lipinski definition) is 0. The van der Waals surface area contributed by atoms with Crippen molar-refractivity contribution in [1.29, 1.82) is 0 Å². The molecule has 0 atom stereocenters. The van der Waals surface area contributed by atoms with Gasteiger partial charge in [0.05, 0.1) is 27.7 Å². The lowest BCUT2D eigenvalue weighted by Crippen LogP contribution is -2.32. The van der Waals surface area contributed by atoms with Crippen molar-refractivity contribution >= 4 is 21.9 Å². The van der Waals surface area contributed by atoms with Gasteiger partial charge in [-0.3, -0.25) is 4.57 Å². The maximum Gasteiger partial charge on any atom is 0.213 e. The van der Waals surface area contributed by atoms with Crippen LogP contribution < -0.4 is 4.57 Å². The number of fused-ring (bicyclic) bond motifs is 6. The Kier molecular flexibility index (Phi) is 3.11. The first kappa shape index (κ1) is 15.4. The Morgan fingerprint density at radius 3 is 2.65 bits per heavy atom. The summed E-state index contributed by atoms with van der Waals surface area (Å²) in [5.41, 5.74) is 10.3. The second kappa shape index (κ2) is 6.27. The van der Waals surface area contributed by atoms with Gasteiger partial charge in [0.1, 0.15) is 12.9 Å². The lowest BCUT2D eigenvalue weighted by molar-refractivity contribution is -0.633. The van der Waals surface area contributed by atoms with Gasteiger partial charge in [0.25, 0.3) is 0 Å². The van der Waals surface area contributed by atoms with Gasteiger partial charge in [-0.1, -0.05) is 30.3 Å². The zero-order valence-electron chi connectivity index (χ0n) is 21.2. The number of rotatable bonds is 1. The predicted molar refractivity (Wildman–Crippen MR) is 127 cm³/mol. The minimum atomic E-state index is -2.27. The zero-order chi connectivity index (χ0) is 23.9. The summed E-state index contributed by atoms with van der Waals surface area (Å²) < 4.78 is 29.7. The van der Waals surface area contributed by atoms with Gasteiger partial charge in [0.15, 0.2) is 0 Å².